The average Bonchev–Trinajstić information content (AvgIpc) is 2.05. The first kappa shape index (κ1) is 11.1. The van der Waals surface area contributed by atoms with Gasteiger partial charge in [0.25, 0.3) is 0 Å². The van der Waals surface area contributed by atoms with Gasteiger partial charge < -0.3 is 9.53 Å². The molecule has 0 saturated carbocycles. The van der Waals surface area contributed by atoms with E-state index in [4.69, 9.17) is 4.74 Å². The Morgan fingerprint density at radius 1 is 1.58 bits per heavy atom. The molecule has 0 aromatic rings. The largest absolute Gasteiger partial charge is 0.466 e. The van der Waals surface area contributed by atoms with E-state index in [2.05, 4.69) is 0 Å². The molecular weight excluding hydrogens is 156 g/mol. The number of aldehydes is 1. The fourth-order valence-corrected chi connectivity index (χ4v) is 0.910. The number of rotatable bonds is 6. The summed E-state index contributed by atoms with van der Waals surface area (Å²) < 4.78 is 4.81. The Balaban J connectivity index is 3.49. The zero-order valence-corrected chi connectivity index (χ0v) is 7.71. The molecule has 1 atom stereocenters. The van der Waals surface area contributed by atoms with Crippen LogP contribution in [0.25, 0.3) is 0 Å². The van der Waals surface area contributed by atoms with Gasteiger partial charge in [0.2, 0.25) is 0 Å². The summed E-state index contributed by atoms with van der Waals surface area (Å²) in [5.41, 5.74) is 0. The zero-order chi connectivity index (χ0) is 9.40. The van der Waals surface area contributed by atoms with Gasteiger partial charge in [-0.3, -0.25) is 4.79 Å². The van der Waals surface area contributed by atoms with Crippen molar-refractivity contribution in [2.24, 2.45) is 5.92 Å². The number of hydrogen-bond acceptors (Lipinski definition) is 3. The number of carbonyl (C=O) groups excluding carboxylic acids is 2. The van der Waals surface area contributed by atoms with Crippen molar-refractivity contribution in [3.8, 4) is 0 Å². The van der Waals surface area contributed by atoms with E-state index in [0.29, 0.717) is 13.0 Å². The van der Waals surface area contributed by atoms with Crippen molar-refractivity contribution >= 4 is 12.3 Å². The maximum atomic E-state index is 11.0. The van der Waals surface area contributed by atoms with E-state index in [1.54, 1.807) is 6.92 Å². The minimum absolute atomic E-state index is 0.0788. The molecule has 12 heavy (non-hydrogen) atoms. The number of unbranched alkanes of at least 4 members (excludes halogenated alkanes) is 1. The standard InChI is InChI=1S/C9H16O3/c1-3-12-9(11)8(2)6-4-5-7-10/h7-8H,3-6H2,1-2H3. The van der Waals surface area contributed by atoms with Crippen LogP contribution in [0.1, 0.15) is 33.1 Å². The molecule has 0 aromatic heterocycles. The summed E-state index contributed by atoms with van der Waals surface area (Å²) in [4.78, 5) is 21.0. The molecule has 0 N–H and O–H groups in total. The molecular formula is C9H16O3. The molecule has 0 radical (unpaired) electrons. The van der Waals surface area contributed by atoms with E-state index in [9.17, 15) is 9.59 Å². The lowest BCUT2D eigenvalue weighted by molar-refractivity contribution is -0.147. The third kappa shape index (κ3) is 4.88. The second kappa shape index (κ2) is 6.83. The van der Waals surface area contributed by atoms with Crippen molar-refractivity contribution in [2.75, 3.05) is 6.61 Å². The highest BCUT2D eigenvalue weighted by Crippen LogP contribution is 2.08. The summed E-state index contributed by atoms with van der Waals surface area (Å²) in [6.45, 7) is 4.04. The summed E-state index contributed by atoms with van der Waals surface area (Å²) in [5.74, 6) is -0.242. The minimum atomic E-state index is -0.164. The van der Waals surface area contributed by atoms with Gasteiger partial charge in [0.1, 0.15) is 6.29 Å². The molecule has 0 bridgehead atoms. The Bertz CT molecular complexity index is 143. The lowest BCUT2D eigenvalue weighted by Crippen LogP contribution is -2.14. The molecule has 0 spiro atoms. The summed E-state index contributed by atoms with van der Waals surface area (Å²) in [5, 5.41) is 0. The van der Waals surface area contributed by atoms with Gasteiger partial charge in [-0.1, -0.05) is 6.92 Å². The Morgan fingerprint density at radius 3 is 2.75 bits per heavy atom. The molecule has 1 unspecified atom stereocenters. The predicted octanol–water partition coefficient (Wildman–Crippen LogP) is 1.55. The smallest absolute Gasteiger partial charge is 0.308 e. The first-order valence-electron chi connectivity index (χ1n) is 4.32. The van der Waals surface area contributed by atoms with Crippen LogP contribution in [0.5, 0.6) is 0 Å². The molecule has 0 rings (SSSR count). The molecule has 0 aliphatic rings. The number of carbonyl (C=O) groups is 2. The lowest BCUT2D eigenvalue weighted by Gasteiger charge is -2.08. The lowest BCUT2D eigenvalue weighted by atomic mass is 10.1. The fourth-order valence-electron chi connectivity index (χ4n) is 0.910. The van der Waals surface area contributed by atoms with Crippen molar-refractivity contribution in [2.45, 2.75) is 33.1 Å². The summed E-state index contributed by atoms with van der Waals surface area (Å²) in [6.07, 6.45) is 2.91. The molecule has 0 amide bonds. The molecule has 0 aromatic carbocycles. The molecule has 70 valence electrons. The summed E-state index contributed by atoms with van der Waals surface area (Å²) >= 11 is 0. The van der Waals surface area contributed by atoms with E-state index in [-0.39, 0.29) is 11.9 Å². The van der Waals surface area contributed by atoms with Crippen LogP contribution < -0.4 is 0 Å². The van der Waals surface area contributed by atoms with Crippen LogP contribution in [0.4, 0.5) is 0 Å². The molecule has 3 heteroatoms. The van der Waals surface area contributed by atoms with Crippen molar-refractivity contribution < 1.29 is 14.3 Å². The molecule has 0 heterocycles. The van der Waals surface area contributed by atoms with Gasteiger partial charge in [-0.25, -0.2) is 0 Å². The van der Waals surface area contributed by atoms with Crippen LogP contribution >= 0.6 is 0 Å². The third-order valence-electron chi connectivity index (χ3n) is 1.65. The fraction of sp³-hybridized carbons (Fsp3) is 0.778. The second-order valence-electron chi connectivity index (χ2n) is 2.75. The van der Waals surface area contributed by atoms with Gasteiger partial charge in [0.15, 0.2) is 0 Å². The van der Waals surface area contributed by atoms with E-state index in [1.165, 1.54) is 0 Å². The van der Waals surface area contributed by atoms with Crippen LogP contribution in [-0.2, 0) is 14.3 Å². The first-order valence-corrected chi connectivity index (χ1v) is 4.32. The summed E-state index contributed by atoms with van der Waals surface area (Å²) in [6, 6.07) is 0. The van der Waals surface area contributed by atoms with E-state index < -0.39 is 0 Å². The maximum absolute atomic E-state index is 11.0. The van der Waals surface area contributed by atoms with Crippen molar-refractivity contribution in [1.82, 2.24) is 0 Å². The molecule has 0 aliphatic carbocycles. The first-order chi connectivity index (χ1) is 5.72. The molecule has 0 saturated heterocycles. The average molecular weight is 172 g/mol. The van der Waals surface area contributed by atoms with E-state index in [1.807, 2.05) is 6.92 Å². The monoisotopic (exact) mass is 172 g/mol. The quantitative estimate of drug-likeness (QED) is 0.347. The van der Waals surface area contributed by atoms with Crippen LogP contribution in [0.15, 0.2) is 0 Å². The minimum Gasteiger partial charge on any atom is -0.466 e. The number of esters is 1. The predicted molar refractivity (Wildman–Crippen MR) is 45.7 cm³/mol. The Labute approximate surface area is 73.1 Å². The highest BCUT2D eigenvalue weighted by Gasteiger charge is 2.12. The van der Waals surface area contributed by atoms with E-state index >= 15 is 0 Å². The van der Waals surface area contributed by atoms with Gasteiger partial charge in [0, 0.05) is 6.42 Å². The summed E-state index contributed by atoms with van der Waals surface area (Å²) in [7, 11) is 0. The van der Waals surface area contributed by atoms with Gasteiger partial charge >= 0.3 is 5.97 Å². The van der Waals surface area contributed by atoms with Gasteiger partial charge in [-0.15, -0.1) is 0 Å². The number of ether oxygens (including phenoxy) is 1. The van der Waals surface area contributed by atoms with Crippen LogP contribution in [-0.4, -0.2) is 18.9 Å². The Hall–Kier alpha value is -0.860. The maximum Gasteiger partial charge on any atom is 0.308 e. The highest BCUT2D eigenvalue weighted by atomic mass is 16.5. The van der Waals surface area contributed by atoms with Gasteiger partial charge in [0.05, 0.1) is 12.5 Å². The van der Waals surface area contributed by atoms with Gasteiger partial charge in [-0.05, 0) is 19.8 Å². The van der Waals surface area contributed by atoms with E-state index in [0.717, 1.165) is 19.1 Å². The third-order valence-corrected chi connectivity index (χ3v) is 1.65. The van der Waals surface area contributed by atoms with Crippen LogP contribution in [0.2, 0.25) is 0 Å². The normalized spacial score (nSPS) is 12.2. The molecule has 0 fully saturated rings. The van der Waals surface area contributed by atoms with Crippen molar-refractivity contribution in [3.63, 3.8) is 0 Å². The Kier molecular flexibility index (Phi) is 6.34. The van der Waals surface area contributed by atoms with Crippen molar-refractivity contribution in [1.29, 1.82) is 0 Å². The molecule has 0 aliphatic heterocycles. The Morgan fingerprint density at radius 2 is 2.25 bits per heavy atom. The SMILES string of the molecule is CCOC(=O)C(C)CCCC=O. The second-order valence-corrected chi connectivity index (χ2v) is 2.75. The molecule has 3 nitrogen and oxygen atoms in total. The number of hydrogen-bond donors (Lipinski definition) is 0. The highest BCUT2D eigenvalue weighted by molar-refractivity contribution is 5.71. The zero-order valence-electron chi connectivity index (χ0n) is 7.71. The van der Waals surface area contributed by atoms with Gasteiger partial charge in [-0.2, -0.15) is 0 Å². The van der Waals surface area contributed by atoms with Crippen LogP contribution in [0.3, 0.4) is 0 Å². The van der Waals surface area contributed by atoms with Crippen LogP contribution in [0, 0.1) is 5.92 Å². The van der Waals surface area contributed by atoms with Crippen molar-refractivity contribution in [3.05, 3.63) is 0 Å². The topological polar surface area (TPSA) is 43.4 Å².